The van der Waals surface area contributed by atoms with E-state index < -0.39 is 0 Å². The summed E-state index contributed by atoms with van der Waals surface area (Å²) in [6, 6.07) is 0. The second-order valence-corrected chi connectivity index (χ2v) is 12.6. The van der Waals surface area contributed by atoms with Gasteiger partial charge in [-0.3, -0.25) is 0 Å². The molecule has 4 aliphatic carbocycles. The van der Waals surface area contributed by atoms with Crippen LogP contribution in [0, 0.1) is 46.3 Å². The molecule has 0 unspecified atom stereocenters. The summed E-state index contributed by atoms with van der Waals surface area (Å²) in [7, 11) is 0. The zero-order valence-corrected chi connectivity index (χ0v) is 20.8. The van der Waals surface area contributed by atoms with Gasteiger partial charge >= 0.3 is 0 Å². The van der Waals surface area contributed by atoms with Crippen molar-refractivity contribution in [3.8, 4) is 0 Å². The van der Waals surface area contributed by atoms with Crippen LogP contribution in [-0.2, 0) is 0 Å². The van der Waals surface area contributed by atoms with Crippen molar-refractivity contribution < 1.29 is 5.11 Å². The van der Waals surface area contributed by atoms with Crippen LogP contribution >= 0.6 is 0 Å². The second kappa shape index (κ2) is 8.09. The predicted molar refractivity (Wildman–Crippen MR) is 128 cm³/mol. The molecule has 0 aromatic carbocycles. The van der Waals surface area contributed by atoms with Gasteiger partial charge in [0.2, 0.25) is 0 Å². The van der Waals surface area contributed by atoms with Crippen molar-refractivity contribution in [2.75, 3.05) is 0 Å². The Labute approximate surface area is 186 Å². The van der Waals surface area contributed by atoms with Crippen molar-refractivity contribution in [1.82, 2.24) is 0 Å². The molecule has 1 nitrogen and oxygen atoms in total. The molecule has 170 valence electrons. The van der Waals surface area contributed by atoms with Gasteiger partial charge in [0.05, 0.1) is 6.10 Å². The van der Waals surface area contributed by atoms with E-state index in [9.17, 15) is 5.11 Å². The van der Waals surface area contributed by atoms with Gasteiger partial charge in [0, 0.05) is 0 Å². The lowest BCUT2D eigenvalue weighted by Crippen LogP contribution is -2.51. The molecular formula is C29H48O. The Bertz CT molecular complexity index is 701. The van der Waals surface area contributed by atoms with E-state index in [-0.39, 0.29) is 6.10 Å². The van der Waals surface area contributed by atoms with Gasteiger partial charge in [0.15, 0.2) is 0 Å². The van der Waals surface area contributed by atoms with Gasteiger partial charge in [-0.2, -0.15) is 0 Å². The zero-order chi connectivity index (χ0) is 21.8. The van der Waals surface area contributed by atoms with Crippen LogP contribution in [0.4, 0.5) is 0 Å². The van der Waals surface area contributed by atoms with Crippen LogP contribution in [0.1, 0.15) is 106 Å². The molecule has 30 heavy (non-hydrogen) atoms. The molecule has 0 spiro atoms. The second-order valence-electron chi connectivity index (χ2n) is 12.6. The molecule has 8 atom stereocenters. The molecule has 4 aliphatic rings. The Kier molecular flexibility index (Phi) is 6.10. The minimum Gasteiger partial charge on any atom is -0.393 e. The summed E-state index contributed by atoms with van der Waals surface area (Å²) in [5.74, 6) is 4.28. The van der Waals surface area contributed by atoms with E-state index >= 15 is 0 Å². The highest BCUT2D eigenvalue weighted by atomic mass is 16.3. The number of rotatable bonds is 5. The smallest absolute Gasteiger partial charge is 0.0568 e. The third-order valence-electron chi connectivity index (χ3n) is 11.0. The molecule has 4 rings (SSSR count). The SMILES string of the molecule is C=C(CC[C@@H](C)[C@H]1CCC2=C3CC[C@H]4[C@H](C)[C@@H](O)CC[C@]4(C)[C@H]3CC[C@@]21C)C(C)C. The van der Waals surface area contributed by atoms with Crippen molar-refractivity contribution in [3.63, 3.8) is 0 Å². The molecule has 0 aliphatic heterocycles. The summed E-state index contributed by atoms with van der Waals surface area (Å²) in [4.78, 5) is 0. The first-order valence-electron chi connectivity index (χ1n) is 13.2. The van der Waals surface area contributed by atoms with Crippen molar-refractivity contribution in [2.24, 2.45) is 46.3 Å². The van der Waals surface area contributed by atoms with E-state index in [1.807, 2.05) is 11.1 Å². The maximum Gasteiger partial charge on any atom is 0.0568 e. The number of aliphatic hydroxyl groups excluding tert-OH is 1. The molecule has 0 saturated heterocycles. The Hall–Kier alpha value is -0.560. The molecule has 0 aromatic rings. The minimum absolute atomic E-state index is 0.0663. The van der Waals surface area contributed by atoms with E-state index in [1.165, 1.54) is 63.4 Å². The average molecular weight is 413 g/mol. The lowest BCUT2D eigenvalue weighted by molar-refractivity contribution is -0.0779. The van der Waals surface area contributed by atoms with Gasteiger partial charge in [-0.1, -0.05) is 64.8 Å². The largest absolute Gasteiger partial charge is 0.393 e. The van der Waals surface area contributed by atoms with Gasteiger partial charge in [-0.15, -0.1) is 0 Å². The standard InChI is InChI=1S/C29H48O/c1-18(2)19(3)8-9-20(4)23-12-13-25-22-10-11-24-21(5)27(30)15-17-29(24,7)26(22)14-16-28(23,25)6/h18,20-21,23-24,26-27,30H,3,8-17H2,1-2,4-7H3/t20-,21+,23-,24+,26+,27+,28-,29+/m1/s1. The molecule has 3 saturated carbocycles. The number of hydrogen-bond acceptors (Lipinski definition) is 1. The Morgan fingerprint density at radius 2 is 1.80 bits per heavy atom. The van der Waals surface area contributed by atoms with Crippen LogP contribution in [-0.4, -0.2) is 11.2 Å². The average Bonchev–Trinajstić information content (AvgIpc) is 3.06. The number of fused-ring (bicyclic) bond motifs is 4. The summed E-state index contributed by atoms with van der Waals surface area (Å²) in [6.45, 7) is 19.0. The summed E-state index contributed by atoms with van der Waals surface area (Å²) in [6.07, 6.45) is 12.9. The van der Waals surface area contributed by atoms with E-state index in [2.05, 4.69) is 48.1 Å². The molecule has 1 N–H and O–H groups in total. The highest BCUT2D eigenvalue weighted by Gasteiger charge is 2.56. The van der Waals surface area contributed by atoms with E-state index in [4.69, 9.17) is 0 Å². The van der Waals surface area contributed by atoms with Crippen LogP contribution < -0.4 is 0 Å². The molecule has 1 heteroatoms. The first-order valence-corrected chi connectivity index (χ1v) is 13.2. The summed E-state index contributed by atoms with van der Waals surface area (Å²) in [5, 5.41) is 10.5. The van der Waals surface area contributed by atoms with Gasteiger partial charge < -0.3 is 5.11 Å². The first kappa shape index (κ1) is 22.6. The van der Waals surface area contributed by atoms with Crippen molar-refractivity contribution in [2.45, 2.75) is 112 Å². The number of aliphatic hydroxyl groups is 1. The third-order valence-corrected chi connectivity index (χ3v) is 11.0. The maximum atomic E-state index is 10.5. The Balaban J connectivity index is 1.55. The van der Waals surface area contributed by atoms with E-state index in [0.717, 1.165) is 30.1 Å². The molecule has 0 radical (unpaired) electrons. The Morgan fingerprint density at radius 1 is 1.07 bits per heavy atom. The molecule has 0 aromatic heterocycles. The highest BCUT2D eigenvalue weighted by Crippen LogP contribution is 2.66. The van der Waals surface area contributed by atoms with Gasteiger partial charge in [0.1, 0.15) is 0 Å². The van der Waals surface area contributed by atoms with Gasteiger partial charge in [0.25, 0.3) is 0 Å². The van der Waals surface area contributed by atoms with Crippen molar-refractivity contribution >= 4 is 0 Å². The quantitative estimate of drug-likeness (QED) is 0.454. The monoisotopic (exact) mass is 412 g/mol. The lowest BCUT2D eigenvalue weighted by atomic mass is 9.47. The summed E-state index contributed by atoms with van der Waals surface area (Å²) in [5.41, 5.74) is 6.11. The highest BCUT2D eigenvalue weighted by molar-refractivity contribution is 5.35. The maximum absolute atomic E-state index is 10.5. The van der Waals surface area contributed by atoms with Crippen molar-refractivity contribution in [3.05, 3.63) is 23.3 Å². The van der Waals surface area contributed by atoms with Crippen LogP contribution in [0.2, 0.25) is 0 Å². The minimum atomic E-state index is -0.0663. The van der Waals surface area contributed by atoms with Crippen LogP contribution in [0.25, 0.3) is 0 Å². The fourth-order valence-corrected chi connectivity index (χ4v) is 8.80. The normalized spacial score (nSPS) is 44.5. The molecule has 0 heterocycles. The zero-order valence-electron chi connectivity index (χ0n) is 20.8. The fourth-order valence-electron chi connectivity index (χ4n) is 8.80. The topological polar surface area (TPSA) is 20.2 Å². The third kappa shape index (κ3) is 3.46. The molecule has 3 fully saturated rings. The lowest BCUT2D eigenvalue weighted by Gasteiger charge is -2.58. The molecular weight excluding hydrogens is 364 g/mol. The molecule has 0 amide bonds. The molecule has 0 bridgehead atoms. The summed E-state index contributed by atoms with van der Waals surface area (Å²) >= 11 is 0. The summed E-state index contributed by atoms with van der Waals surface area (Å²) < 4.78 is 0. The Morgan fingerprint density at radius 3 is 2.50 bits per heavy atom. The first-order chi connectivity index (χ1) is 14.1. The number of hydrogen-bond donors (Lipinski definition) is 1. The van der Waals surface area contributed by atoms with E-state index in [0.29, 0.717) is 22.7 Å². The fraction of sp³-hybridized carbons (Fsp3) is 0.862. The van der Waals surface area contributed by atoms with E-state index in [1.54, 1.807) is 0 Å². The van der Waals surface area contributed by atoms with Crippen molar-refractivity contribution in [1.29, 1.82) is 0 Å². The predicted octanol–water partition coefficient (Wildman–Crippen LogP) is 7.94. The van der Waals surface area contributed by atoms with Gasteiger partial charge in [-0.05, 0) is 111 Å². The van der Waals surface area contributed by atoms with Crippen LogP contribution in [0.5, 0.6) is 0 Å². The van der Waals surface area contributed by atoms with Crippen LogP contribution in [0.15, 0.2) is 23.3 Å². The van der Waals surface area contributed by atoms with Gasteiger partial charge in [-0.25, -0.2) is 0 Å². The number of allylic oxidation sites excluding steroid dienone is 3. The van der Waals surface area contributed by atoms with Crippen LogP contribution in [0.3, 0.4) is 0 Å².